The van der Waals surface area contributed by atoms with Crippen LogP contribution in [0.15, 0.2) is 81.9 Å². The number of carbonyl (C=O) groups is 10. The van der Waals surface area contributed by atoms with Gasteiger partial charge in [-0.05, 0) is 153 Å². The Kier molecular flexibility index (Phi) is 30.9. The van der Waals surface area contributed by atoms with E-state index < -0.39 is 154 Å². The number of unbranched alkanes of at least 4 members (excludes halogenated alkanes) is 3. The molecular weight excluding hydrogens is 1390 g/mol. The number of ketones is 5. The summed E-state index contributed by atoms with van der Waals surface area (Å²) in [6.07, 6.45) is 11.1. The molecule has 108 heavy (non-hydrogen) atoms. The third kappa shape index (κ3) is 19.6. The van der Waals surface area contributed by atoms with Gasteiger partial charge in [-0.15, -0.1) is 0 Å². The molecule has 8 aliphatic rings. The number of methoxy groups -OCH3 is 4. The lowest BCUT2D eigenvalue weighted by Crippen LogP contribution is -2.61. The van der Waals surface area contributed by atoms with Gasteiger partial charge in [0.1, 0.15) is 35.9 Å². The zero-order chi connectivity index (χ0) is 79.3. The van der Waals surface area contributed by atoms with Crippen LogP contribution in [0, 0.1) is 52.3 Å². The molecule has 2 bridgehead atoms. The second-order valence-electron chi connectivity index (χ2n) is 32.3. The van der Waals surface area contributed by atoms with Crippen molar-refractivity contribution < 1.29 is 106 Å². The van der Waals surface area contributed by atoms with E-state index in [9.17, 15) is 63.3 Å². The first kappa shape index (κ1) is 86.8. The summed E-state index contributed by atoms with van der Waals surface area (Å²) in [5, 5.41) is 34.9. The van der Waals surface area contributed by atoms with E-state index in [1.54, 1.807) is 68.0 Å². The van der Waals surface area contributed by atoms with Crippen molar-refractivity contribution in [1.29, 1.82) is 0 Å². The highest BCUT2D eigenvalue weighted by molar-refractivity contribution is 6.39. The minimum absolute atomic E-state index is 0.00216. The maximum atomic E-state index is 14.9. The Labute approximate surface area is 638 Å². The van der Waals surface area contributed by atoms with Gasteiger partial charge >= 0.3 is 23.9 Å². The molecule has 0 aromatic rings. The number of aliphatic hydroxyl groups excluding tert-OH is 2. The standard InChI is InChI=1S/C84H122N2O22/c1-16-85(17-2)46-57-71-75(94)74(93)70-58-35-37-66(89)82(58,10)45-65(72(70)83(71,11)67(47-100-12)106-80(57)97)104-68(90)30-23-18-19-24-31-69(91)107-76-53(8)40-50(5)61(88)44-63(51(6)41-55-33-36-60(87)64(42-55)102-14)105-81(98)59-29-25-26-38-86(59)79(96)78(95)84(99)54(9)32-34-56(108-84)43-62(101-13)49(4)28-22-20-21-27-48(3)39-52(7)73(92)77(76)103-15/h20-22,27-28,40,46,48,50-52,54-56,58-60,62-65,67,76-77,87,94,99H,16-19,23-26,29-39,41-45,47H2,1-15H3/b22-20+,27-21+,49-28+,53-40+,57-46-/t48-,50-,51-,52-,54-,55+,56+,58+,59+,60-,62+,63+,64-,65+,67-,76-,77+,82+,83+,84-/m1/s1. The molecule has 4 aliphatic carbocycles. The van der Waals surface area contributed by atoms with Gasteiger partial charge in [0.2, 0.25) is 11.6 Å². The topological polar surface area (TPSA) is 321 Å². The number of hydrogen-bond acceptors (Lipinski definition) is 23. The molecule has 2 saturated carbocycles. The summed E-state index contributed by atoms with van der Waals surface area (Å²) in [4.78, 5) is 148. The van der Waals surface area contributed by atoms with Crippen molar-refractivity contribution in [3.05, 3.63) is 81.9 Å². The molecule has 3 N–H and O–H groups in total. The Bertz CT molecular complexity index is 3520. The third-order valence-corrected chi connectivity index (χ3v) is 24.7. The smallest absolute Gasteiger partial charge is 0.340 e. The fourth-order valence-corrected chi connectivity index (χ4v) is 18.0. The molecule has 1 amide bonds. The van der Waals surface area contributed by atoms with Gasteiger partial charge in [-0.3, -0.25) is 38.4 Å². The Morgan fingerprint density at radius 3 is 2.13 bits per heavy atom. The molecule has 24 heteroatoms. The Morgan fingerprint density at radius 1 is 0.778 bits per heavy atom. The molecule has 3 saturated heterocycles. The average Bonchev–Trinajstić information content (AvgIpc) is 1.16. The SMILES string of the molecule is CCN(/C=C1\C(=O)O[C@H](COC)[C@@]2(C)C1=C(O)C(=O)C1=C2[C@@H](OC(=O)CCCCCCC(=O)O[C@@H]2/C(C)=C/[C@@H](C)C(=O)C[C@@H]([C@H](C)C[C@@H]3CC[C@@H](O)[C@H](OC)C3)OC(=O)[C@@H]3CCCCN3C(=O)C(=O)[C@]3(O)O[C@@H](CC[C@H]3C)C[C@H](OC)/C(C)=C/C=C/C=C/[C@@H](C)C[C@@H](C)C(=O)[C@@H]2OC)C[C@]2(C)C(=O)CC[C@@H]12)CC. The van der Waals surface area contributed by atoms with E-state index in [1.165, 1.54) is 14.2 Å². The van der Waals surface area contributed by atoms with Crippen LogP contribution < -0.4 is 0 Å². The van der Waals surface area contributed by atoms with Crippen molar-refractivity contribution in [3.63, 3.8) is 0 Å². The van der Waals surface area contributed by atoms with Crippen LogP contribution in [-0.2, 0) is 90.6 Å². The van der Waals surface area contributed by atoms with Gasteiger partial charge in [-0.1, -0.05) is 90.8 Å². The van der Waals surface area contributed by atoms with Crippen LogP contribution in [0.4, 0.5) is 0 Å². The van der Waals surface area contributed by atoms with E-state index in [2.05, 4.69) is 0 Å². The second-order valence-corrected chi connectivity index (χ2v) is 32.3. The summed E-state index contributed by atoms with van der Waals surface area (Å²) in [6.45, 7) is 20.8. The molecule has 0 aromatic heterocycles. The molecule has 24 nitrogen and oxygen atoms in total. The minimum Gasteiger partial charge on any atom is -0.504 e. The number of Topliss-reactive ketones (excluding diaryl/α,β-unsaturated/α-hetero) is 5. The van der Waals surface area contributed by atoms with Crippen LogP contribution in [0.25, 0.3) is 0 Å². The number of fused-ring (bicyclic) bond motifs is 7. The van der Waals surface area contributed by atoms with Gasteiger partial charge in [-0.25, -0.2) is 9.59 Å². The number of aliphatic hydroxyl groups is 3. The third-order valence-electron chi connectivity index (χ3n) is 24.7. The van der Waals surface area contributed by atoms with Gasteiger partial charge in [0.25, 0.3) is 11.7 Å². The highest BCUT2D eigenvalue weighted by atomic mass is 16.6. The zero-order valence-corrected chi connectivity index (χ0v) is 66.5. The monoisotopic (exact) mass is 1510 g/mol. The number of piperidine rings is 1. The summed E-state index contributed by atoms with van der Waals surface area (Å²) in [5.41, 5.74) is -0.700. The first-order valence-electron chi connectivity index (χ1n) is 39.6. The van der Waals surface area contributed by atoms with Crippen LogP contribution in [0.2, 0.25) is 0 Å². The van der Waals surface area contributed by atoms with Crippen LogP contribution in [0.3, 0.4) is 0 Å². The molecule has 8 rings (SSSR count). The molecule has 4 heterocycles. The Balaban J connectivity index is 1.01. The summed E-state index contributed by atoms with van der Waals surface area (Å²) in [7, 11) is 5.91. The van der Waals surface area contributed by atoms with Gasteiger partial charge < -0.3 is 67.8 Å². The van der Waals surface area contributed by atoms with Crippen LogP contribution >= 0.6 is 0 Å². The van der Waals surface area contributed by atoms with E-state index in [0.29, 0.717) is 114 Å². The number of cyclic esters (lactones) is 2. The Hall–Kier alpha value is -6.80. The van der Waals surface area contributed by atoms with Crippen molar-refractivity contribution in [2.45, 2.75) is 278 Å². The summed E-state index contributed by atoms with van der Waals surface area (Å²) in [6, 6.07) is -1.23. The van der Waals surface area contributed by atoms with Gasteiger partial charge in [-0.2, -0.15) is 0 Å². The normalized spacial score (nSPS) is 36.8. The molecule has 20 atom stereocenters. The van der Waals surface area contributed by atoms with Crippen molar-refractivity contribution in [1.82, 2.24) is 9.80 Å². The van der Waals surface area contributed by atoms with Crippen molar-refractivity contribution in [3.8, 4) is 0 Å². The Morgan fingerprint density at radius 2 is 1.47 bits per heavy atom. The first-order chi connectivity index (χ1) is 51.3. The maximum absolute atomic E-state index is 14.9. The van der Waals surface area contributed by atoms with Crippen LogP contribution in [0.1, 0.15) is 211 Å². The molecule has 0 spiro atoms. The van der Waals surface area contributed by atoms with E-state index in [-0.39, 0.29) is 104 Å². The van der Waals surface area contributed by atoms with Gasteiger partial charge in [0, 0.05) is 133 Å². The number of esters is 4. The van der Waals surface area contributed by atoms with E-state index in [0.717, 1.165) is 10.5 Å². The van der Waals surface area contributed by atoms with E-state index >= 15 is 0 Å². The number of ether oxygens (including phenoxy) is 9. The fraction of sp³-hybridized carbons (Fsp3) is 0.714. The predicted octanol–water partition coefficient (Wildman–Crippen LogP) is 10.9. The highest BCUT2D eigenvalue weighted by Crippen LogP contribution is 2.62. The largest absolute Gasteiger partial charge is 0.504 e. The minimum atomic E-state index is -2.50. The number of hydrogen-bond donors (Lipinski definition) is 3. The number of amides is 1. The van der Waals surface area contributed by atoms with Gasteiger partial charge in [0.15, 0.2) is 23.8 Å². The molecule has 0 radical (unpaired) electrons. The molecule has 600 valence electrons. The van der Waals surface area contributed by atoms with E-state index in [1.807, 2.05) is 69.9 Å². The van der Waals surface area contributed by atoms with Crippen molar-refractivity contribution >= 4 is 58.7 Å². The zero-order valence-electron chi connectivity index (χ0n) is 66.5. The van der Waals surface area contributed by atoms with Crippen molar-refractivity contribution in [2.24, 2.45) is 52.3 Å². The highest BCUT2D eigenvalue weighted by Gasteiger charge is 2.65. The number of rotatable bonds is 20. The predicted molar refractivity (Wildman–Crippen MR) is 400 cm³/mol. The van der Waals surface area contributed by atoms with Crippen LogP contribution in [-0.4, -0.2) is 205 Å². The number of allylic oxidation sites excluding steroid dienone is 7. The summed E-state index contributed by atoms with van der Waals surface area (Å²) >= 11 is 0. The van der Waals surface area contributed by atoms with Crippen molar-refractivity contribution in [2.75, 3.05) is 54.7 Å². The number of nitrogens with zero attached hydrogens (tertiary/aromatic N) is 2. The molecule has 4 aliphatic heterocycles. The molecule has 5 fully saturated rings. The lowest BCUT2D eigenvalue weighted by atomic mass is 9.53. The van der Waals surface area contributed by atoms with Crippen LogP contribution in [0.5, 0.6) is 0 Å². The lowest BCUT2D eigenvalue weighted by molar-refractivity contribution is -0.265. The number of carbonyl (C=O) groups excluding carboxylic acids is 10. The summed E-state index contributed by atoms with van der Waals surface area (Å²) < 4.78 is 54.6. The lowest BCUT2D eigenvalue weighted by Gasteiger charge is -2.53. The quantitative estimate of drug-likeness (QED) is 0.0255. The maximum Gasteiger partial charge on any atom is 0.340 e. The molecular formula is C84H122N2O22. The van der Waals surface area contributed by atoms with E-state index in [4.69, 9.17) is 42.6 Å². The second kappa shape index (κ2) is 38.4. The fourth-order valence-electron chi connectivity index (χ4n) is 18.0. The first-order valence-corrected chi connectivity index (χ1v) is 39.6. The average molecular weight is 1510 g/mol. The molecule has 0 unspecified atom stereocenters. The molecule has 0 aromatic carbocycles. The van der Waals surface area contributed by atoms with Gasteiger partial charge in [0.05, 0.1) is 42.0 Å². The summed E-state index contributed by atoms with van der Waals surface area (Å²) in [5.74, 6) is -13.1.